The molecule has 1 N–H and O–H groups in total. The fourth-order valence-electron chi connectivity index (χ4n) is 1.22. The minimum atomic E-state index is -1.17. The number of hydrogen-bond donors (Lipinski definition) is 1. The molecule has 1 aromatic heterocycles. The zero-order chi connectivity index (χ0) is 11.5. The third kappa shape index (κ3) is 2.38. The first-order chi connectivity index (χ1) is 7.65. The average molecular weight is 233 g/mol. The van der Waals surface area contributed by atoms with Crippen LogP contribution in [0.1, 0.15) is 16.1 Å². The fraction of sp³-hybridized carbons (Fsp3) is 0.0909. The Labute approximate surface area is 96.6 Å². The molecule has 0 amide bonds. The quantitative estimate of drug-likeness (QED) is 0.873. The summed E-state index contributed by atoms with van der Waals surface area (Å²) < 4.78 is 0. The van der Waals surface area contributed by atoms with E-state index in [0.29, 0.717) is 0 Å². The van der Waals surface area contributed by atoms with Gasteiger partial charge < -0.3 is 15.2 Å². The highest BCUT2D eigenvalue weighted by Crippen LogP contribution is 2.20. The molecule has 0 saturated carbocycles. The molecular weight excluding hydrogens is 224 g/mol. The van der Waals surface area contributed by atoms with Gasteiger partial charge in [-0.25, -0.2) is 4.98 Å². The summed E-state index contributed by atoms with van der Waals surface area (Å²) in [7, 11) is 0. The first kappa shape index (κ1) is 10.6. The molecule has 0 saturated heterocycles. The van der Waals surface area contributed by atoms with Crippen LogP contribution in [0.15, 0.2) is 29.6 Å². The van der Waals surface area contributed by atoms with E-state index >= 15 is 0 Å². The van der Waals surface area contributed by atoms with E-state index in [1.54, 1.807) is 12.1 Å². The lowest BCUT2D eigenvalue weighted by Crippen LogP contribution is -2.21. The van der Waals surface area contributed by atoms with Crippen molar-refractivity contribution in [1.82, 2.24) is 4.98 Å². The molecule has 0 aliphatic heterocycles. The molecule has 16 heavy (non-hydrogen) atoms. The minimum Gasteiger partial charge on any atom is -0.545 e. The number of hydrogen-bond acceptors (Lipinski definition) is 5. The van der Waals surface area contributed by atoms with Gasteiger partial charge in [0.15, 0.2) is 5.13 Å². The van der Waals surface area contributed by atoms with Gasteiger partial charge in [0.2, 0.25) is 0 Å². The van der Waals surface area contributed by atoms with E-state index in [1.807, 2.05) is 12.3 Å². The van der Waals surface area contributed by atoms with Crippen molar-refractivity contribution in [2.24, 2.45) is 0 Å². The summed E-state index contributed by atoms with van der Waals surface area (Å²) in [4.78, 5) is 14.8. The zero-order valence-electron chi connectivity index (χ0n) is 8.56. The molecule has 4 nitrogen and oxygen atoms in total. The van der Waals surface area contributed by atoms with Crippen LogP contribution in [0.3, 0.4) is 0 Å². The van der Waals surface area contributed by atoms with Gasteiger partial charge in [-0.1, -0.05) is 12.1 Å². The lowest BCUT2D eigenvalue weighted by atomic mass is 10.2. The van der Waals surface area contributed by atoms with Crippen molar-refractivity contribution in [2.45, 2.75) is 6.92 Å². The van der Waals surface area contributed by atoms with Crippen LogP contribution in [0.2, 0.25) is 0 Å². The van der Waals surface area contributed by atoms with Crippen LogP contribution in [-0.4, -0.2) is 11.0 Å². The molecule has 0 atom stereocenters. The second kappa shape index (κ2) is 4.32. The molecule has 0 radical (unpaired) electrons. The van der Waals surface area contributed by atoms with Gasteiger partial charge in [0, 0.05) is 11.1 Å². The lowest BCUT2D eigenvalue weighted by molar-refractivity contribution is -0.255. The number of aromatic carboxylic acids is 1. The second-order valence-electron chi connectivity index (χ2n) is 3.28. The normalized spacial score (nSPS) is 10.1. The van der Waals surface area contributed by atoms with Crippen LogP contribution in [0.4, 0.5) is 10.8 Å². The third-order valence-electron chi connectivity index (χ3n) is 1.99. The first-order valence-corrected chi connectivity index (χ1v) is 5.53. The summed E-state index contributed by atoms with van der Waals surface area (Å²) in [5.74, 6) is -1.17. The van der Waals surface area contributed by atoms with E-state index in [4.69, 9.17) is 0 Å². The van der Waals surface area contributed by atoms with Crippen LogP contribution in [0.5, 0.6) is 0 Å². The molecule has 0 aliphatic carbocycles. The topological polar surface area (TPSA) is 65.0 Å². The minimum absolute atomic E-state index is 0.167. The SMILES string of the molecule is Cc1csc(Nc2ccc(C(=O)[O-])cc2)n1. The fourth-order valence-corrected chi connectivity index (χ4v) is 1.93. The van der Waals surface area contributed by atoms with Crippen molar-refractivity contribution in [2.75, 3.05) is 5.32 Å². The van der Waals surface area contributed by atoms with Gasteiger partial charge in [-0.2, -0.15) is 0 Å². The Kier molecular flexibility index (Phi) is 2.87. The second-order valence-corrected chi connectivity index (χ2v) is 4.14. The number of aromatic nitrogens is 1. The monoisotopic (exact) mass is 233 g/mol. The maximum atomic E-state index is 10.5. The number of thiazole rings is 1. The number of nitrogens with zero attached hydrogens (tertiary/aromatic N) is 1. The van der Waals surface area contributed by atoms with Crippen molar-refractivity contribution in [3.63, 3.8) is 0 Å². The maximum absolute atomic E-state index is 10.5. The Morgan fingerprint density at radius 2 is 2.06 bits per heavy atom. The number of carbonyl (C=O) groups is 1. The van der Waals surface area contributed by atoms with Crippen LogP contribution in [-0.2, 0) is 0 Å². The predicted octanol–water partition coefficient (Wildman–Crippen LogP) is 1.56. The van der Waals surface area contributed by atoms with Crippen LogP contribution >= 0.6 is 11.3 Å². The molecule has 0 unspecified atom stereocenters. The number of anilines is 2. The molecule has 5 heteroatoms. The van der Waals surface area contributed by atoms with Gasteiger partial charge in [-0.15, -0.1) is 11.3 Å². The van der Waals surface area contributed by atoms with E-state index in [0.717, 1.165) is 16.5 Å². The van der Waals surface area contributed by atoms with Crippen LogP contribution < -0.4 is 10.4 Å². The molecule has 0 aliphatic rings. The number of aryl methyl sites for hydroxylation is 1. The smallest absolute Gasteiger partial charge is 0.187 e. The van der Waals surface area contributed by atoms with Crippen molar-refractivity contribution < 1.29 is 9.90 Å². The van der Waals surface area contributed by atoms with E-state index in [2.05, 4.69) is 10.3 Å². The number of carbonyl (C=O) groups excluding carboxylic acids is 1. The van der Waals surface area contributed by atoms with Crippen molar-refractivity contribution in [3.05, 3.63) is 40.9 Å². The summed E-state index contributed by atoms with van der Waals surface area (Å²) in [6, 6.07) is 6.36. The van der Waals surface area contributed by atoms with Gasteiger partial charge in [0.1, 0.15) is 0 Å². The van der Waals surface area contributed by atoms with Crippen molar-refractivity contribution >= 4 is 28.1 Å². The standard InChI is InChI=1S/C11H10N2O2S/c1-7-6-16-11(12-7)13-9-4-2-8(3-5-9)10(14)15/h2-6H,1H3,(H,12,13)(H,14,15)/p-1. The van der Waals surface area contributed by atoms with E-state index in [9.17, 15) is 9.90 Å². The molecule has 1 heterocycles. The molecule has 2 aromatic rings. The Morgan fingerprint density at radius 3 is 2.56 bits per heavy atom. The largest absolute Gasteiger partial charge is 0.545 e. The Balaban J connectivity index is 2.14. The zero-order valence-corrected chi connectivity index (χ0v) is 9.38. The third-order valence-corrected chi connectivity index (χ3v) is 2.87. The van der Waals surface area contributed by atoms with Crippen molar-refractivity contribution in [1.29, 1.82) is 0 Å². The predicted molar refractivity (Wildman–Crippen MR) is 60.9 cm³/mol. The maximum Gasteiger partial charge on any atom is 0.187 e. The Morgan fingerprint density at radius 1 is 1.38 bits per heavy atom. The summed E-state index contributed by atoms with van der Waals surface area (Å²) in [6.45, 7) is 1.92. The average Bonchev–Trinajstić information content (AvgIpc) is 2.65. The first-order valence-electron chi connectivity index (χ1n) is 4.66. The number of carboxylic acids is 1. The summed E-state index contributed by atoms with van der Waals surface area (Å²) in [6.07, 6.45) is 0. The highest BCUT2D eigenvalue weighted by Gasteiger charge is 1.99. The number of carboxylic acid groups (broad SMARTS) is 1. The summed E-state index contributed by atoms with van der Waals surface area (Å²) in [5.41, 5.74) is 1.93. The van der Waals surface area contributed by atoms with Gasteiger partial charge in [-0.05, 0) is 24.6 Å². The highest BCUT2D eigenvalue weighted by atomic mass is 32.1. The van der Waals surface area contributed by atoms with Crippen LogP contribution in [0.25, 0.3) is 0 Å². The highest BCUT2D eigenvalue weighted by molar-refractivity contribution is 7.13. The van der Waals surface area contributed by atoms with Gasteiger partial charge >= 0.3 is 0 Å². The Hall–Kier alpha value is -1.88. The number of rotatable bonds is 3. The molecule has 2 rings (SSSR count). The molecular formula is C11H9N2O2S-. The lowest BCUT2D eigenvalue weighted by Gasteiger charge is -2.05. The van der Waals surface area contributed by atoms with E-state index < -0.39 is 5.97 Å². The Bertz CT molecular complexity index is 505. The molecule has 0 spiro atoms. The number of benzene rings is 1. The van der Waals surface area contributed by atoms with Crippen molar-refractivity contribution in [3.8, 4) is 0 Å². The molecule has 0 bridgehead atoms. The van der Waals surface area contributed by atoms with E-state index in [1.165, 1.54) is 23.5 Å². The molecule has 1 aromatic carbocycles. The summed E-state index contributed by atoms with van der Waals surface area (Å²) in [5, 5.41) is 16.3. The summed E-state index contributed by atoms with van der Waals surface area (Å²) >= 11 is 1.50. The number of nitrogens with one attached hydrogen (secondary N) is 1. The molecule has 82 valence electrons. The van der Waals surface area contributed by atoms with Gasteiger partial charge in [0.25, 0.3) is 0 Å². The van der Waals surface area contributed by atoms with Gasteiger partial charge in [-0.3, -0.25) is 0 Å². The van der Waals surface area contributed by atoms with Crippen LogP contribution in [0, 0.1) is 6.92 Å². The van der Waals surface area contributed by atoms with Gasteiger partial charge in [0.05, 0.1) is 11.7 Å². The molecule has 0 fully saturated rings. The van der Waals surface area contributed by atoms with E-state index in [-0.39, 0.29) is 5.56 Å².